The first-order valence-corrected chi connectivity index (χ1v) is 13.0. The number of nitrogens with one attached hydrogen (secondary N) is 3. The Morgan fingerprint density at radius 2 is 1.82 bits per heavy atom. The SMILES string of the molecule is CCOC(=O)C(CCCCNS(=O)(=O)c1ccc(C)cc1)NC(=S)Nc1ccc(Cl)cc1C. The summed E-state index contributed by atoms with van der Waals surface area (Å²) >= 11 is 11.4. The van der Waals surface area contributed by atoms with E-state index in [0.717, 1.165) is 16.8 Å². The Balaban J connectivity index is 1.87. The van der Waals surface area contributed by atoms with Gasteiger partial charge in [0.05, 0.1) is 11.5 Å². The number of aryl methyl sites for hydroxylation is 2. The molecule has 0 aliphatic rings. The van der Waals surface area contributed by atoms with Gasteiger partial charge >= 0.3 is 5.97 Å². The molecule has 180 valence electrons. The number of ether oxygens (including phenoxy) is 1. The summed E-state index contributed by atoms with van der Waals surface area (Å²) in [6, 6.07) is 11.4. The van der Waals surface area contributed by atoms with Crippen LogP contribution in [0, 0.1) is 13.8 Å². The van der Waals surface area contributed by atoms with E-state index < -0.39 is 22.0 Å². The number of carbonyl (C=O) groups is 1. The van der Waals surface area contributed by atoms with E-state index in [-0.39, 0.29) is 18.0 Å². The fourth-order valence-corrected chi connectivity index (χ4v) is 4.61. The smallest absolute Gasteiger partial charge is 0.328 e. The molecular weight excluding hydrogens is 482 g/mol. The maximum Gasteiger partial charge on any atom is 0.328 e. The van der Waals surface area contributed by atoms with E-state index in [0.29, 0.717) is 29.4 Å². The van der Waals surface area contributed by atoms with Crippen molar-refractivity contribution in [1.82, 2.24) is 10.0 Å². The fraction of sp³-hybridized carbons (Fsp3) is 0.391. The Labute approximate surface area is 206 Å². The highest BCUT2D eigenvalue weighted by Crippen LogP contribution is 2.19. The van der Waals surface area contributed by atoms with Gasteiger partial charge in [-0.1, -0.05) is 29.3 Å². The van der Waals surface area contributed by atoms with Gasteiger partial charge in [0.15, 0.2) is 5.11 Å². The van der Waals surface area contributed by atoms with Gasteiger partial charge in [0.2, 0.25) is 10.0 Å². The summed E-state index contributed by atoms with van der Waals surface area (Å²) in [4.78, 5) is 12.6. The number of anilines is 1. The van der Waals surface area contributed by atoms with Crippen molar-refractivity contribution in [2.45, 2.75) is 51.0 Å². The van der Waals surface area contributed by atoms with Gasteiger partial charge in [-0.3, -0.25) is 0 Å². The van der Waals surface area contributed by atoms with Gasteiger partial charge in [-0.15, -0.1) is 0 Å². The molecule has 7 nitrogen and oxygen atoms in total. The molecule has 0 heterocycles. The molecule has 10 heteroatoms. The molecule has 0 bridgehead atoms. The van der Waals surface area contributed by atoms with Gasteiger partial charge in [-0.2, -0.15) is 0 Å². The predicted molar refractivity (Wildman–Crippen MR) is 136 cm³/mol. The maximum absolute atomic E-state index is 12.4. The second kappa shape index (κ2) is 12.9. The Hall–Kier alpha value is -2.20. The van der Waals surface area contributed by atoms with Crippen LogP contribution in [0.1, 0.15) is 37.3 Å². The van der Waals surface area contributed by atoms with Gasteiger partial charge in [0.25, 0.3) is 0 Å². The molecule has 0 aliphatic heterocycles. The standard InChI is InChI=1S/C23H30ClN3O4S2/c1-4-31-22(28)21(27-23(32)26-20-13-10-18(24)15-17(20)3)7-5-6-14-25-33(29,30)19-11-8-16(2)9-12-19/h8-13,15,21,25H,4-7,14H2,1-3H3,(H2,26,27,32). The van der Waals surface area contributed by atoms with Crippen molar-refractivity contribution in [2.24, 2.45) is 0 Å². The molecule has 0 spiro atoms. The van der Waals surface area contributed by atoms with Gasteiger partial charge in [0, 0.05) is 17.3 Å². The van der Waals surface area contributed by atoms with Crippen molar-refractivity contribution in [3.63, 3.8) is 0 Å². The molecule has 0 aliphatic carbocycles. The second-order valence-electron chi connectivity index (χ2n) is 7.57. The number of rotatable bonds is 11. The van der Waals surface area contributed by atoms with Crippen LogP contribution in [0.2, 0.25) is 5.02 Å². The first-order chi connectivity index (χ1) is 15.6. The van der Waals surface area contributed by atoms with Crippen LogP contribution in [0.5, 0.6) is 0 Å². The topological polar surface area (TPSA) is 96.5 Å². The lowest BCUT2D eigenvalue weighted by atomic mass is 10.1. The number of carbonyl (C=O) groups excluding carboxylic acids is 1. The number of hydrogen-bond donors (Lipinski definition) is 3. The Bertz CT molecular complexity index is 1060. The summed E-state index contributed by atoms with van der Waals surface area (Å²) in [5.41, 5.74) is 2.69. The monoisotopic (exact) mass is 511 g/mol. The minimum atomic E-state index is -3.56. The van der Waals surface area contributed by atoms with Gasteiger partial charge < -0.3 is 15.4 Å². The molecule has 0 aromatic heterocycles. The summed E-state index contributed by atoms with van der Waals surface area (Å²) in [6.07, 6.45) is 1.58. The minimum absolute atomic E-state index is 0.230. The molecule has 1 atom stereocenters. The zero-order valence-corrected chi connectivity index (χ0v) is 21.4. The van der Waals surface area contributed by atoms with Crippen LogP contribution in [0.15, 0.2) is 47.4 Å². The third kappa shape index (κ3) is 8.92. The van der Waals surface area contributed by atoms with Crippen molar-refractivity contribution in [3.8, 4) is 0 Å². The van der Waals surface area contributed by atoms with Crippen LogP contribution >= 0.6 is 23.8 Å². The number of unbranched alkanes of at least 4 members (excludes halogenated alkanes) is 1. The molecule has 0 radical (unpaired) electrons. The number of esters is 1. The van der Waals surface area contributed by atoms with E-state index in [9.17, 15) is 13.2 Å². The third-order valence-electron chi connectivity index (χ3n) is 4.86. The van der Waals surface area contributed by atoms with E-state index in [2.05, 4.69) is 15.4 Å². The molecule has 1 unspecified atom stereocenters. The van der Waals surface area contributed by atoms with Crippen LogP contribution in [-0.2, 0) is 19.6 Å². The first kappa shape index (κ1) is 27.0. The van der Waals surface area contributed by atoms with Gasteiger partial charge in [-0.05, 0) is 88.1 Å². The lowest BCUT2D eigenvalue weighted by molar-refractivity contribution is -0.145. The maximum atomic E-state index is 12.4. The van der Waals surface area contributed by atoms with Crippen LogP contribution < -0.4 is 15.4 Å². The van der Waals surface area contributed by atoms with Crippen LogP contribution in [0.25, 0.3) is 0 Å². The second-order valence-corrected chi connectivity index (χ2v) is 10.2. The number of benzene rings is 2. The fourth-order valence-electron chi connectivity index (χ4n) is 3.06. The first-order valence-electron chi connectivity index (χ1n) is 10.7. The Morgan fingerprint density at radius 1 is 1.12 bits per heavy atom. The molecular formula is C23H30ClN3O4S2. The van der Waals surface area contributed by atoms with Crippen LogP contribution in [-0.4, -0.2) is 38.7 Å². The highest BCUT2D eigenvalue weighted by Gasteiger charge is 2.21. The number of sulfonamides is 1. The Kier molecular flexibility index (Phi) is 10.6. The lowest BCUT2D eigenvalue weighted by Crippen LogP contribution is -2.44. The minimum Gasteiger partial charge on any atom is -0.464 e. The molecule has 33 heavy (non-hydrogen) atoms. The van der Waals surface area contributed by atoms with Crippen molar-refractivity contribution in [3.05, 3.63) is 58.6 Å². The highest BCUT2D eigenvalue weighted by atomic mass is 35.5. The molecule has 2 rings (SSSR count). The van der Waals surface area contributed by atoms with Gasteiger partial charge in [0.1, 0.15) is 6.04 Å². The van der Waals surface area contributed by atoms with E-state index >= 15 is 0 Å². The molecule has 2 aromatic carbocycles. The number of halogens is 1. The number of hydrogen-bond acceptors (Lipinski definition) is 5. The average Bonchev–Trinajstić information content (AvgIpc) is 2.75. The molecule has 0 saturated heterocycles. The van der Waals surface area contributed by atoms with Crippen molar-refractivity contribution in [2.75, 3.05) is 18.5 Å². The zero-order valence-electron chi connectivity index (χ0n) is 19.0. The number of thiocarbonyl (C=S) groups is 1. The largest absolute Gasteiger partial charge is 0.464 e. The summed E-state index contributed by atoms with van der Waals surface area (Å²) in [7, 11) is -3.56. The molecule has 0 saturated carbocycles. The molecule has 2 aromatic rings. The summed E-state index contributed by atoms with van der Waals surface area (Å²) < 4.78 is 32.5. The highest BCUT2D eigenvalue weighted by molar-refractivity contribution is 7.89. The van der Waals surface area contributed by atoms with Crippen LogP contribution in [0.4, 0.5) is 5.69 Å². The average molecular weight is 512 g/mol. The Morgan fingerprint density at radius 3 is 2.45 bits per heavy atom. The van der Waals surface area contributed by atoms with Crippen molar-refractivity contribution >= 4 is 50.6 Å². The zero-order chi connectivity index (χ0) is 24.4. The normalized spacial score (nSPS) is 12.1. The molecule has 3 N–H and O–H groups in total. The van der Waals surface area contributed by atoms with Crippen LogP contribution in [0.3, 0.4) is 0 Å². The summed E-state index contributed by atoms with van der Waals surface area (Å²) in [6.45, 7) is 6.05. The van der Waals surface area contributed by atoms with E-state index in [4.69, 9.17) is 28.6 Å². The third-order valence-corrected chi connectivity index (χ3v) is 6.79. The lowest BCUT2D eigenvalue weighted by Gasteiger charge is -2.20. The van der Waals surface area contributed by atoms with E-state index in [1.165, 1.54) is 0 Å². The van der Waals surface area contributed by atoms with Gasteiger partial charge in [-0.25, -0.2) is 17.9 Å². The van der Waals surface area contributed by atoms with Crippen molar-refractivity contribution in [1.29, 1.82) is 0 Å². The van der Waals surface area contributed by atoms with Crippen molar-refractivity contribution < 1.29 is 17.9 Å². The van der Waals surface area contributed by atoms with E-state index in [1.54, 1.807) is 37.3 Å². The quantitative estimate of drug-likeness (QED) is 0.235. The molecule has 0 fully saturated rings. The summed E-state index contributed by atoms with van der Waals surface area (Å²) in [5.74, 6) is -0.408. The molecule has 0 amide bonds. The van der Waals surface area contributed by atoms with E-state index in [1.807, 2.05) is 26.0 Å². The predicted octanol–water partition coefficient (Wildman–Crippen LogP) is 4.32. The summed E-state index contributed by atoms with van der Waals surface area (Å²) in [5, 5.41) is 6.99.